The van der Waals surface area contributed by atoms with Crippen LogP contribution in [0.25, 0.3) is 22.6 Å². The molecule has 1 aromatic heterocycles. The Labute approximate surface area is 178 Å². The number of aromatic nitrogens is 1. The molecule has 29 heavy (non-hydrogen) atoms. The van der Waals surface area contributed by atoms with Crippen LogP contribution in [-0.2, 0) is 0 Å². The molecule has 4 nitrogen and oxygen atoms in total. The van der Waals surface area contributed by atoms with E-state index in [1.807, 2.05) is 56.3 Å². The van der Waals surface area contributed by atoms with Crippen molar-refractivity contribution in [2.45, 2.75) is 27.7 Å². The number of aryl methyl sites for hydroxylation is 3. The topological polar surface area (TPSA) is 58.6 Å². The van der Waals surface area contributed by atoms with Crippen molar-refractivity contribution in [1.82, 2.24) is 4.98 Å². The molecule has 0 aliphatic carbocycles. The first kappa shape index (κ1) is 19.4. The Morgan fingerprint density at radius 3 is 2.38 bits per heavy atom. The summed E-state index contributed by atoms with van der Waals surface area (Å²) in [4.78, 5) is 9.10. The molecule has 0 atom stereocenters. The van der Waals surface area contributed by atoms with E-state index in [2.05, 4.69) is 39.8 Å². The van der Waals surface area contributed by atoms with Crippen molar-refractivity contribution in [3.63, 3.8) is 0 Å². The summed E-state index contributed by atoms with van der Waals surface area (Å²) in [6, 6.07) is 13.7. The number of nitrogens with zero attached hydrogens (tertiary/aromatic N) is 2. The minimum Gasteiger partial charge on any atom is -0.506 e. The van der Waals surface area contributed by atoms with Crippen molar-refractivity contribution in [2.75, 3.05) is 0 Å². The van der Waals surface area contributed by atoms with Crippen LogP contribution in [0.2, 0.25) is 0 Å². The van der Waals surface area contributed by atoms with E-state index in [-0.39, 0.29) is 5.75 Å². The molecular formula is C24H21BrN2O2. The van der Waals surface area contributed by atoms with E-state index >= 15 is 0 Å². The van der Waals surface area contributed by atoms with Gasteiger partial charge in [-0.15, -0.1) is 0 Å². The van der Waals surface area contributed by atoms with Gasteiger partial charge < -0.3 is 9.52 Å². The minimum atomic E-state index is 0.200. The zero-order valence-electron chi connectivity index (χ0n) is 16.7. The van der Waals surface area contributed by atoms with Crippen LogP contribution in [0.3, 0.4) is 0 Å². The van der Waals surface area contributed by atoms with Gasteiger partial charge >= 0.3 is 0 Å². The van der Waals surface area contributed by atoms with Gasteiger partial charge in [-0.25, -0.2) is 4.98 Å². The van der Waals surface area contributed by atoms with Gasteiger partial charge in [-0.3, -0.25) is 4.99 Å². The van der Waals surface area contributed by atoms with Gasteiger partial charge in [0.25, 0.3) is 0 Å². The van der Waals surface area contributed by atoms with Crippen LogP contribution < -0.4 is 0 Å². The molecule has 0 aliphatic rings. The number of rotatable bonds is 3. The molecule has 1 N–H and O–H groups in total. The molecule has 0 saturated heterocycles. The Kier molecular flexibility index (Phi) is 5.01. The number of fused-ring (bicyclic) bond motifs is 1. The lowest BCUT2D eigenvalue weighted by molar-refractivity contribution is 0.470. The highest BCUT2D eigenvalue weighted by atomic mass is 79.9. The Balaban J connectivity index is 1.61. The zero-order chi connectivity index (χ0) is 20.7. The number of halogens is 1. The molecule has 4 rings (SSSR count). The fourth-order valence-electron chi connectivity index (χ4n) is 3.12. The fraction of sp³-hybridized carbons (Fsp3) is 0.167. The van der Waals surface area contributed by atoms with Crippen LogP contribution in [-0.4, -0.2) is 16.3 Å². The van der Waals surface area contributed by atoms with Gasteiger partial charge in [0, 0.05) is 17.3 Å². The number of phenols is 1. The van der Waals surface area contributed by atoms with Gasteiger partial charge in [0.15, 0.2) is 5.58 Å². The number of aliphatic imine (C=N–C) groups is 1. The Morgan fingerprint density at radius 2 is 1.66 bits per heavy atom. The van der Waals surface area contributed by atoms with Crippen molar-refractivity contribution in [2.24, 2.45) is 4.99 Å². The van der Waals surface area contributed by atoms with Crippen molar-refractivity contribution >= 4 is 38.9 Å². The van der Waals surface area contributed by atoms with Crippen LogP contribution in [0, 0.1) is 27.7 Å². The summed E-state index contributed by atoms with van der Waals surface area (Å²) in [5, 5.41) is 10.3. The largest absolute Gasteiger partial charge is 0.506 e. The molecule has 0 unspecified atom stereocenters. The Hall–Kier alpha value is -2.92. The van der Waals surface area contributed by atoms with Crippen LogP contribution >= 0.6 is 15.9 Å². The summed E-state index contributed by atoms with van der Waals surface area (Å²) in [7, 11) is 0. The SMILES string of the molecule is Cc1cc2nc(-c3ccc(N=Cc4cc(C)c(C)c(Br)c4O)cc3)oc2cc1C. The van der Waals surface area contributed by atoms with E-state index < -0.39 is 0 Å². The van der Waals surface area contributed by atoms with E-state index in [0.29, 0.717) is 15.9 Å². The van der Waals surface area contributed by atoms with E-state index in [1.165, 1.54) is 11.1 Å². The second-order valence-corrected chi connectivity index (χ2v) is 8.09. The van der Waals surface area contributed by atoms with Gasteiger partial charge in [0.2, 0.25) is 5.89 Å². The first-order chi connectivity index (χ1) is 13.8. The maximum absolute atomic E-state index is 10.3. The second-order valence-electron chi connectivity index (χ2n) is 7.30. The number of phenolic OH excluding ortho intramolecular Hbond substituents is 1. The molecular weight excluding hydrogens is 428 g/mol. The number of hydrogen-bond donors (Lipinski definition) is 1. The summed E-state index contributed by atoms with van der Waals surface area (Å²) < 4.78 is 6.63. The zero-order valence-corrected chi connectivity index (χ0v) is 18.3. The smallest absolute Gasteiger partial charge is 0.227 e. The van der Waals surface area contributed by atoms with Gasteiger partial charge in [0.05, 0.1) is 10.2 Å². The minimum absolute atomic E-state index is 0.200. The van der Waals surface area contributed by atoms with E-state index in [9.17, 15) is 5.11 Å². The molecule has 0 amide bonds. The maximum Gasteiger partial charge on any atom is 0.227 e. The van der Waals surface area contributed by atoms with Crippen molar-refractivity contribution in [3.05, 3.63) is 74.8 Å². The Bertz CT molecular complexity index is 1220. The lowest BCUT2D eigenvalue weighted by Gasteiger charge is -2.08. The average molecular weight is 449 g/mol. The summed E-state index contributed by atoms with van der Waals surface area (Å²) in [6.07, 6.45) is 1.67. The average Bonchev–Trinajstić information content (AvgIpc) is 3.11. The molecule has 3 aromatic carbocycles. The first-order valence-corrected chi connectivity index (χ1v) is 10.1. The molecule has 0 saturated carbocycles. The predicted molar refractivity (Wildman–Crippen MR) is 121 cm³/mol. The lowest BCUT2D eigenvalue weighted by Crippen LogP contribution is -1.90. The van der Waals surface area contributed by atoms with Crippen LogP contribution in [0.1, 0.15) is 27.8 Å². The second kappa shape index (κ2) is 7.48. The van der Waals surface area contributed by atoms with Gasteiger partial charge in [-0.2, -0.15) is 0 Å². The molecule has 5 heteroatoms. The molecule has 146 valence electrons. The van der Waals surface area contributed by atoms with Gasteiger partial charge in [-0.05, 0) is 108 Å². The summed E-state index contributed by atoms with van der Waals surface area (Å²) >= 11 is 3.44. The maximum atomic E-state index is 10.3. The van der Waals surface area contributed by atoms with Crippen molar-refractivity contribution < 1.29 is 9.52 Å². The van der Waals surface area contributed by atoms with E-state index in [4.69, 9.17) is 4.42 Å². The third-order valence-electron chi connectivity index (χ3n) is 5.24. The first-order valence-electron chi connectivity index (χ1n) is 9.34. The summed E-state index contributed by atoms with van der Waals surface area (Å²) in [5.41, 5.74) is 8.50. The van der Waals surface area contributed by atoms with Crippen LogP contribution in [0.15, 0.2) is 56.3 Å². The lowest BCUT2D eigenvalue weighted by atomic mass is 10.1. The van der Waals surface area contributed by atoms with Gasteiger partial charge in [0.1, 0.15) is 11.3 Å². The quantitative estimate of drug-likeness (QED) is 0.345. The molecule has 0 bridgehead atoms. The molecule has 0 aliphatic heterocycles. The Morgan fingerprint density at radius 1 is 0.966 bits per heavy atom. The highest BCUT2D eigenvalue weighted by molar-refractivity contribution is 9.10. The monoisotopic (exact) mass is 448 g/mol. The molecule has 1 heterocycles. The van der Waals surface area contributed by atoms with Crippen LogP contribution in [0.5, 0.6) is 5.75 Å². The summed E-state index contributed by atoms with van der Waals surface area (Å²) in [6.45, 7) is 8.11. The number of oxazole rings is 1. The van der Waals surface area contributed by atoms with Crippen LogP contribution in [0.4, 0.5) is 5.69 Å². The highest BCUT2D eigenvalue weighted by Crippen LogP contribution is 2.33. The molecule has 4 aromatic rings. The number of aromatic hydroxyl groups is 1. The normalized spacial score (nSPS) is 11.6. The molecule has 0 fully saturated rings. The van der Waals surface area contributed by atoms with E-state index in [1.54, 1.807) is 6.21 Å². The van der Waals surface area contributed by atoms with Crippen molar-refractivity contribution in [1.29, 1.82) is 0 Å². The fourth-order valence-corrected chi connectivity index (χ4v) is 3.66. The highest BCUT2D eigenvalue weighted by Gasteiger charge is 2.11. The van der Waals surface area contributed by atoms with Gasteiger partial charge in [-0.1, -0.05) is 0 Å². The number of hydrogen-bond acceptors (Lipinski definition) is 4. The van der Waals surface area contributed by atoms with Crippen molar-refractivity contribution in [3.8, 4) is 17.2 Å². The third-order valence-corrected chi connectivity index (χ3v) is 6.22. The molecule has 0 spiro atoms. The number of benzene rings is 3. The predicted octanol–water partition coefficient (Wildman–Crippen LogP) is 6.95. The molecule has 0 radical (unpaired) electrons. The summed E-state index contributed by atoms with van der Waals surface area (Å²) in [5.74, 6) is 0.793. The third kappa shape index (κ3) is 3.70. The van der Waals surface area contributed by atoms with E-state index in [0.717, 1.165) is 33.5 Å². The standard InChI is InChI=1S/C24H21BrN2O2/c1-13-10-20-21(11-14(13)2)29-24(27-20)17-5-7-19(8-6-17)26-12-18-9-15(3)16(4)22(25)23(18)28/h5-12,28H,1-4H3.